The molecule has 4 heteroatoms. The van der Waals surface area contributed by atoms with Gasteiger partial charge in [0, 0.05) is 19.1 Å². The van der Waals surface area contributed by atoms with Crippen molar-refractivity contribution >= 4 is 0 Å². The molecule has 2 atom stereocenters. The van der Waals surface area contributed by atoms with Crippen LogP contribution in [0.25, 0.3) is 0 Å². The molecule has 1 aromatic carbocycles. The third kappa shape index (κ3) is 3.07. The molecule has 1 aromatic rings. The Bertz CT molecular complexity index is 411. The van der Waals surface area contributed by atoms with Gasteiger partial charge in [0.2, 0.25) is 0 Å². The molecule has 1 aliphatic heterocycles. The van der Waals surface area contributed by atoms with E-state index in [2.05, 4.69) is 11.8 Å². The van der Waals surface area contributed by atoms with Gasteiger partial charge in [-0.2, -0.15) is 0 Å². The van der Waals surface area contributed by atoms with E-state index in [0.29, 0.717) is 19.7 Å². The summed E-state index contributed by atoms with van der Waals surface area (Å²) in [6, 6.07) is 5.17. The van der Waals surface area contributed by atoms with Crippen LogP contribution in [0.15, 0.2) is 18.2 Å². The van der Waals surface area contributed by atoms with Crippen LogP contribution < -0.4 is 0 Å². The van der Waals surface area contributed by atoms with Crippen molar-refractivity contribution in [3.63, 3.8) is 0 Å². The number of nitrogens with zero attached hydrogens (tertiary/aromatic N) is 1. The average molecular weight is 253 g/mol. The zero-order valence-corrected chi connectivity index (χ0v) is 10.9. The summed E-state index contributed by atoms with van der Waals surface area (Å²) in [5, 5.41) is 9.15. The number of ether oxygens (including phenoxy) is 1. The molecule has 1 fully saturated rings. The maximum Gasteiger partial charge on any atom is 0.123 e. The van der Waals surface area contributed by atoms with Crippen LogP contribution in [0.4, 0.5) is 4.39 Å². The Hall–Kier alpha value is -0.970. The number of halogens is 1. The van der Waals surface area contributed by atoms with Gasteiger partial charge in [0.05, 0.1) is 19.3 Å². The molecule has 100 valence electrons. The van der Waals surface area contributed by atoms with Gasteiger partial charge in [-0.05, 0) is 37.1 Å². The lowest BCUT2D eigenvalue weighted by molar-refractivity contribution is -0.0806. The Morgan fingerprint density at radius 2 is 2.28 bits per heavy atom. The van der Waals surface area contributed by atoms with E-state index in [4.69, 9.17) is 9.84 Å². The summed E-state index contributed by atoms with van der Waals surface area (Å²) >= 11 is 0. The van der Waals surface area contributed by atoms with Crippen molar-refractivity contribution < 1.29 is 14.2 Å². The van der Waals surface area contributed by atoms with Crippen LogP contribution >= 0.6 is 0 Å². The van der Waals surface area contributed by atoms with Crippen LogP contribution in [-0.2, 0) is 11.3 Å². The minimum Gasteiger partial charge on any atom is -0.394 e. The van der Waals surface area contributed by atoms with Gasteiger partial charge in [-0.25, -0.2) is 4.39 Å². The van der Waals surface area contributed by atoms with E-state index < -0.39 is 0 Å². The zero-order chi connectivity index (χ0) is 13.1. The number of aliphatic hydroxyl groups is 1. The second-order valence-electron chi connectivity index (χ2n) is 4.99. The van der Waals surface area contributed by atoms with Crippen LogP contribution in [0.2, 0.25) is 0 Å². The van der Waals surface area contributed by atoms with Gasteiger partial charge >= 0.3 is 0 Å². The molecule has 0 spiro atoms. The smallest absolute Gasteiger partial charge is 0.123 e. The fourth-order valence-electron chi connectivity index (χ4n) is 2.23. The zero-order valence-electron chi connectivity index (χ0n) is 10.9. The van der Waals surface area contributed by atoms with Crippen molar-refractivity contribution in [1.82, 2.24) is 4.90 Å². The van der Waals surface area contributed by atoms with Crippen molar-refractivity contribution in [3.05, 3.63) is 35.1 Å². The van der Waals surface area contributed by atoms with E-state index in [1.54, 1.807) is 12.1 Å². The Labute approximate surface area is 107 Å². The molecular formula is C14H20FNO2. The highest BCUT2D eigenvalue weighted by Crippen LogP contribution is 2.18. The van der Waals surface area contributed by atoms with Crippen LogP contribution in [-0.4, -0.2) is 41.9 Å². The second kappa shape index (κ2) is 5.78. The lowest BCUT2D eigenvalue weighted by Gasteiger charge is -2.37. The van der Waals surface area contributed by atoms with Crippen molar-refractivity contribution in [1.29, 1.82) is 0 Å². The van der Waals surface area contributed by atoms with Crippen LogP contribution in [0.1, 0.15) is 18.1 Å². The molecule has 1 saturated heterocycles. The normalized spacial score (nSPS) is 25.3. The fourth-order valence-corrected chi connectivity index (χ4v) is 2.23. The highest BCUT2D eigenvalue weighted by molar-refractivity contribution is 5.26. The van der Waals surface area contributed by atoms with E-state index in [0.717, 1.165) is 11.1 Å². The first-order valence-electron chi connectivity index (χ1n) is 6.31. The third-order valence-electron chi connectivity index (χ3n) is 3.52. The van der Waals surface area contributed by atoms with Gasteiger partial charge in [0.15, 0.2) is 0 Å². The fraction of sp³-hybridized carbons (Fsp3) is 0.571. The highest BCUT2D eigenvalue weighted by atomic mass is 19.1. The van der Waals surface area contributed by atoms with Crippen LogP contribution in [0.5, 0.6) is 0 Å². The molecule has 0 saturated carbocycles. The van der Waals surface area contributed by atoms with Crippen molar-refractivity contribution in [2.45, 2.75) is 32.5 Å². The molecule has 1 N–H and O–H groups in total. The van der Waals surface area contributed by atoms with Crippen LogP contribution in [0.3, 0.4) is 0 Å². The summed E-state index contributed by atoms with van der Waals surface area (Å²) in [5.74, 6) is -0.199. The van der Waals surface area contributed by atoms with Crippen molar-refractivity contribution in [3.8, 4) is 0 Å². The van der Waals surface area contributed by atoms with E-state index in [9.17, 15) is 4.39 Å². The van der Waals surface area contributed by atoms with Gasteiger partial charge in [0.1, 0.15) is 5.82 Å². The SMILES string of the molecule is Cc1ccc(F)cc1CN1CC(CO)OCC1C. The standard InChI is InChI=1S/C14H20FNO2/c1-10-3-4-13(15)5-12(10)6-16-7-14(8-17)18-9-11(16)2/h3-5,11,14,17H,6-9H2,1-2H3. The Morgan fingerprint density at radius 3 is 3.00 bits per heavy atom. The number of aliphatic hydroxyl groups excluding tert-OH is 1. The Balaban J connectivity index is 2.09. The molecule has 0 amide bonds. The topological polar surface area (TPSA) is 32.7 Å². The number of benzene rings is 1. The molecule has 3 nitrogen and oxygen atoms in total. The molecule has 0 radical (unpaired) electrons. The lowest BCUT2D eigenvalue weighted by atomic mass is 10.1. The van der Waals surface area contributed by atoms with Gasteiger partial charge in [-0.3, -0.25) is 4.90 Å². The molecule has 0 aliphatic carbocycles. The molecule has 1 heterocycles. The first-order chi connectivity index (χ1) is 8.60. The molecule has 18 heavy (non-hydrogen) atoms. The molecule has 2 rings (SSSR count). The molecule has 2 unspecified atom stereocenters. The number of rotatable bonds is 3. The van der Waals surface area contributed by atoms with Crippen molar-refractivity contribution in [2.75, 3.05) is 19.8 Å². The predicted octanol–water partition coefficient (Wildman–Crippen LogP) is 1.72. The first kappa shape index (κ1) is 13.5. The Kier molecular flexibility index (Phi) is 4.32. The number of morpholine rings is 1. The minimum absolute atomic E-state index is 0.0331. The summed E-state index contributed by atoms with van der Waals surface area (Å²) in [5.41, 5.74) is 2.09. The second-order valence-corrected chi connectivity index (χ2v) is 4.99. The average Bonchev–Trinajstić information content (AvgIpc) is 2.36. The van der Waals surface area contributed by atoms with E-state index in [-0.39, 0.29) is 24.6 Å². The largest absolute Gasteiger partial charge is 0.394 e. The summed E-state index contributed by atoms with van der Waals surface area (Å²) < 4.78 is 18.8. The van der Waals surface area contributed by atoms with Crippen LogP contribution in [0, 0.1) is 12.7 Å². The molecule has 1 aliphatic rings. The summed E-state index contributed by atoms with van der Waals surface area (Å²) in [7, 11) is 0. The third-order valence-corrected chi connectivity index (χ3v) is 3.52. The maximum atomic E-state index is 13.3. The quantitative estimate of drug-likeness (QED) is 0.890. The van der Waals surface area contributed by atoms with E-state index in [1.807, 2.05) is 6.92 Å². The molecule has 0 bridgehead atoms. The minimum atomic E-state index is -0.199. The number of hydrogen-bond acceptors (Lipinski definition) is 3. The number of hydrogen-bond donors (Lipinski definition) is 1. The summed E-state index contributed by atoms with van der Waals surface area (Å²) in [4.78, 5) is 2.23. The predicted molar refractivity (Wildman–Crippen MR) is 67.8 cm³/mol. The number of aryl methyl sites for hydroxylation is 1. The molecule has 0 aromatic heterocycles. The van der Waals surface area contributed by atoms with E-state index in [1.165, 1.54) is 6.07 Å². The van der Waals surface area contributed by atoms with E-state index >= 15 is 0 Å². The maximum absolute atomic E-state index is 13.3. The van der Waals surface area contributed by atoms with Gasteiger partial charge in [-0.1, -0.05) is 6.07 Å². The van der Waals surface area contributed by atoms with Gasteiger partial charge in [0.25, 0.3) is 0 Å². The monoisotopic (exact) mass is 253 g/mol. The van der Waals surface area contributed by atoms with Gasteiger partial charge < -0.3 is 9.84 Å². The summed E-state index contributed by atoms with van der Waals surface area (Å²) in [6.45, 7) is 6.11. The first-order valence-corrected chi connectivity index (χ1v) is 6.31. The Morgan fingerprint density at radius 1 is 1.50 bits per heavy atom. The highest BCUT2D eigenvalue weighted by Gasteiger charge is 2.25. The molecular weight excluding hydrogens is 233 g/mol. The van der Waals surface area contributed by atoms with Gasteiger partial charge in [-0.15, -0.1) is 0 Å². The summed E-state index contributed by atoms with van der Waals surface area (Å²) in [6.07, 6.45) is -0.130. The lowest BCUT2D eigenvalue weighted by Crippen LogP contribution is -2.48. The van der Waals surface area contributed by atoms with Crippen molar-refractivity contribution in [2.24, 2.45) is 0 Å².